The Morgan fingerprint density at radius 2 is 1.69 bits per heavy atom. The maximum absolute atomic E-state index is 11.6. The number of alkyl carbamates (subject to hydrolysis) is 1. The Balaban J connectivity index is 4.24. The summed E-state index contributed by atoms with van der Waals surface area (Å²) >= 11 is 0. The molecule has 0 rings (SSSR count). The second-order valence-electron chi connectivity index (χ2n) is 6.13. The molecule has 3 heteroatoms. The van der Waals surface area contributed by atoms with E-state index in [1.165, 1.54) is 0 Å². The fourth-order valence-electron chi connectivity index (χ4n) is 1.46. The first kappa shape index (κ1) is 15.3. The van der Waals surface area contributed by atoms with Crippen molar-refractivity contribution in [2.75, 3.05) is 0 Å². The van der Waals surface area contributed by atoms with Gasteiger partial charge in [-0.3, -0.25) is 0 Å². The van der Waals surface area contributed by atoms with Crippen molar-refractivity contribution in [3.63, 3.8) is 0 Å². The lowest BCUT2D eigenvalue weighted by Gasteiger charge is -2.26. The van der Waals surface area contributed by atoms with E-state index in [-0.39, 0.29) is 12.1 Å². The number of amides is 1. The van der Waals surface area contributed by atoms with E-state index in [1.54, 1.807) is 0 Å². The molecule has 0 radical (unpaired) electrons. The van der Waals surface area contributed by atoms with Crippen molar-refractivity contribution in [1.82, 2.24) is 5.32 Å². The van der Waals surface area contributed by atoms with Gasteiger partial charge in [-0.05, 0) is 39.0 Å². The monoisotopic (exact) mass is 229 g/mol. The van der Waals surface area contributed by atoms with E-state index in [2.05, 4.69) is 33.0 Å². The minimum atomic E-state index is -0.427. The lowest BCUT2D eigenvalue weighted by molar-refractivity contribution is 0.0483. The molecule has 3 nitrogen and oxygen atoms in total. The molecule has 0 fully saturated rings. The third-order valence-corrected chi connectivity index (χ3v) is 2.23. The van der Waals surface area contributed by atoms with E-state index < -0.39 is 5.60 Å². The van der Waals surface area contributed by atoms with Crippen LogP contribution >= 0.6 is 0 Å². The predicted octanol–water partition coefficient (Wildman–Crippen LogP) is 3.58. The highest BCUT2D eigenvalue weighted by atomic mass is 16.6. The molecule has 0 aromatic heterocycles. The van der Waals surface area contributed by atoms with Gasteiger partial charge in [0.15, 0.2) is 0 Å². The first-order valence-electron chi connectivity index (χ1n) is 6.11. The van der Waals surface area contributed by atoms with Gasteiger partial charge in [-0.15, -0.1) is 0 Å². The second kappa shape index (κ2) is 6.12. The highest BCUT2D eigenvalue weighted by Crippen LogP contribution is 2.14. The number of carbonyl (C=O) groups excluding carboxylic acids is 1. The summed E-state index contributed by atoms with van der Waals surface area (Å²) in [5.74, 6) is 0.997. The van der Waals surface area contributed by atoms with Crippen molar-refractivity contribution in [3.05, 3.63) is 0 Å². The van der Waals surface area contributed by atoms with E-state index >= 15 is 0 Å². The Labute approximate surface area is 99.9 Å². The Kier molecular flexibility index (Phi) is 5.84. The van der Waals surface area contributed by atoms with Crippen LogP contribution in [-0.2, 0) is 4.74 Å². The summed E-state index contributed by atoms with van der Waals surface area (Å²) in [5.41, 5.74) is -0.427. The van der Waals surface area contributed by atoms with Crippen LogP contribution in [0.2, 0.25) is 0 Å². The van der Waals surface area contributed by atoms with Crippen molar-refractivity contribution in [2.45, 2.75) is 66.5 Å². The molecule has 0 aromatic rings. The molecule has 0 aliphatic heterocycles. The minimum absolute atomic E-state index is 0.190. The number of carbonyl (C=O) groups is 1. The van der Waals surface area contributed by atoms with Gasteiger partial charge < -0.3 is 10.1 Å². The van der Waals surface area contributed by atoms with Gasteiger partial charge in [0.2, 0.25) is 0 Å². The highest BCUT2D eigenvalue weighted by Gasteiger charge is 2.21. The summed E-state index contributed by atoms with van der Waals surface area (Å²) in [6.45, 7) is 14.2. The maximum atomic E-state index is 11.6. The summed E-state index contributed by atoms with van der Waals surface area (Å²) < 4.78 is 5.25. The van der Waals surface area contributed by atoms with E-state index in [0.29, 0.717) is 11.8 Å². The van der Waals surface area contributed by atoms with Gasteiger partial charge in [0.1, 0.15) is 5.60 Å². The number of ether oxygens (including phenoxy) is 1. The Morgan fingerprint density at radius 3 is 2.00 bits per heavy atom. The molecule has 0 saturated carbocycles. The van der Waals surface area contributed by atoms with Crippen molar-refractivity contribution >= 4 is 6.09 Å². The molecule has 0 spiro atoms. The molecule has 1 amide bonds. The number of rotatable bonds is 4. The van der Waals surface area contributed by atoms with Gasteiger partial charge in [-0.1, -0.05) is 27.7 Å². The van der Waals surface area contributed by atoms with Crippen molar-refractivity contribution in [3.8, 4) is 0 Å². The molecule has 1 atom stereocenters. The summed E-state index contributed by atoms with van der Waals surface area (Å²) in [7, 11) is 0. The van der Waals surface area contributed by atoms with Gasteiger partial charge in [0.25, 0.3) is 0 Å². The van der Waals surface area contributed by atoms with E-state index in [4.69, 9.17) is 4.74 Å². The first-order chi connectivity index (χ1) is 7.11. The third kappa shape index (κ3) is 7.55. The van der Waals surface area contributed by atoms with Crippen molar-refractivity contribution < 1.29 is 9.53 Å². The van der Waals surface area contributed by atoms with Gasteiger partial charge in [0.05, 0.1) is 0 Å². The summed E-state index contributed by atoms with van der Waals surface area (Å²) in [4.78, 5) is 11.6. The van der Waals surface area contributed by atoms with Crippen LogP contribution in [0, 0.1) is 11.8 Å². The quantitative estimate of drug-likeness (QED) is 0.800. The fraction of sp³-hybridized carbons (Fsp3) is 0.923. The lowest BCUT2D eigenvalue weighted by Crippen LogP contribution is -2.42. The summed E-state index contributed by atoms with van der Waals surface area (Å²) in [6.07, 6.45) is 0.670. The molecule has 0 aliphatic carbocycles. The van der Waals surface area contributed by atoms with Gasteiger partial charge >= 0.3 is 6.09 Å². The first-order valence-corrected chi connectivity index (χ1v) is 6.11. The Morgan fingerprint density at radius 1 is 1.19 bits per heavy atom. The van der Waals surface area contributed by atoms with E-state index in [0.717, 1.165) is 6.42 Å². The zero-order valence-corrected chi connectivity index (χ0v) is 11.8. The van der Waals surface area contributed by atoms with Crippen LogP contribution in [0.15, 0.2) is 0 Å². The van der Waals surface area contributed by atoms with Crippen LogP contribution in [0.25, 0.3) is 0 Å². The Bertz CT molecular complexity index is 216. The van der Waals surface area contributed by atoms with Gasteiger partial charge in [0, 0.05) is 6.04 Å². The van der Waals surface area contributed by atoms with Crippen LogP contribution in [0.4, 0.5) is 4.79 Å². The third-order valence-electron chi connectivity index (χ3n) is 2.23. The highest BCUT2D eigenvalue weighted by molar-refractivity contribution is 5.68. The average molecular weight is 229 g/mol. The van der Waals surface area contributed by atoms with Gasteiger partial charge in [-0.2, -0.15) is 0 Å². The van der Waals surface area contributed by atoms with E-state index in [9.17, 15) is 4.79 Å². The van der Waals surface area contributed by atoms with Crippen LogP contribution in [0.1, 0.15) is 54.9 Å². The molecule has 96 valence electrons. The maximum Gasteiger partial charge on any atom is 0.407 e. The molecule has 1 unspecified atom stereocenters. The molecule has 0 aliphatic rings. The fourth-order valence-corrected chi connectivity index (χ4v) is 1.46. The Hall–Kier alpha value is -0.730. The van der Waals surface area contributed by atoms with Crippen molar-refractivity contribution in [1.29, 1.82) is 0 Å². The largest absolute Gasteiger partial charge is 0.444 e. The summed E-state index contributed by atoms with van der Waals surface area (Å²) in [6, 6.07) is 0.190. The normalized spacial score (nSPS) is 14.1. The van der Waals surface area contributed by atoms with E-state index in [1.807, 2.05) is 20.8 Å². The molecular formula is C13H27NO2. The minimum Gasteiger partial charge on any atom is -0.444 e. The molecule has 0 saturated heterocycles. The molecule has 0 bridgehead atoms. The standard InChI is InChI=1S/C13H27NO2/c1-9(2)8-11(10(3)4)14-12(15)16-13(5,6)7/h9-11H,8H2,1-7H3,(H,14,15). The van der Waals surface area contributed by atoms with Crippen LogP contribution in [0.5, 0.6) is 0 Å². The van der Waals surface area contributed by atoms with Crippen LogP contribution in [-0.4, -0.2) is 17.7 Å². The topological polar surface area (TPSA) is 38.3 Å². The lowest BCUT2D eigenvalue weighted by atomic mass is 9.95. The smallest absolute Gasteiger partial charge is 0.407 e. The molecule has 1 N–H and O–H groups in total. The van der Waals surface area contributed by atoms with Crippen LogP contribution < -0.4 is 5.32 Å². The average Bonchev–Trinajstić information content (AvgIpc) is 1.97. The molecule has 0 heterocycles. The zero-order chi connectivity index (χ0) is 12.9. The van der Waals surface area contributed by atoms with Crippen LogP contribution in [0.3, 0.4) is 0 Å². The van der Waals surface area contributed by atoms with Crippen molar-refractivity contribution in [2.24, 2.45) is 11.8 Å². The number of hydrogen-bond acceptors (Lipinski definition) is 2. The number of hydrogen-bond donors (Lipinski definition) is 1. The zero-order valence-electron chi connectivity index (χ0n) is 11.8. The summed E-state index contributed by atoms with van der Waals surface area (Å²) in [5, 5.41) is 2.94. The molecule has 16 heavy (non-hydrogen) atoms. The second-order valence-corrected chi connectivity index (χ2v) is 6.13. The SMILES string of the molecule is CC(C)CC(NC(=O)OC(C)(C)C)C(C)C. The predicted molar refractivity (Wildman–Crippen MR) is 67.5 cm³/mol. The number of nitrogens with one attached hydrogen (secondary N) is 1. The van der Waals surface area contributed by atoms with Gasteiger partial charge in [-0.25, -0.2) is 4.79 Å². The molecule has 0 aromatic carbocycles. The molecular weight excluding hydrogens is 202 g/mol.